The first kappa shape index (κ1) is 21.0. The number of allylic oxidation sites excluding steroid dienone is 2. The van der Waals surface area contributed by atoms with Crippen LogP contribution in [0, 0.1) is 23.2 Å². The summed E-state index contributed by atoms with van der Waals surface area (Å²) in [6.45, 7) is 7.80. The fourth-order valence-corrected chi connectivity index (χ4v) is 4.94. The lowest BCUT2D eigenvalue weighted by atomic mass is 9.63. The standard InChI is InChI=1S/C22H29NO4S/c1-14(2)17-11-8-12-22(15(3)4,21(17)27-28(23,25)26)20(24)19-13-18(19)16-9-6-5-7-10-16/h5-12,14-15,18-19,21H,13H2,1-4H3,(H2,23,25,26)/t18?,19?,21-,22-/m1/s1. The van der Waals surface area contributed by atoms with Gasteiger partial charge in [-0.2, -0.15) is 8.42 Å². The van der Waals surface area contributed by atoms with Gasteiger partial charge in [0.05, 0.1) is 5.41 Å². The quantitative estimate of drug-likeness (QED) is 0.751. The van der Waals surface area contributed by atoms with Crippen molar-refractivity contribution in [1.82, 2.24) is 0 Å². The molecule has 0 aliphatic heterocycles. The van der Waals surface area contributed by atoms with Crippen LogP contribution in [0.25, 0.3) is 0 Å². The molecule has 1 saturated carbocycles. The second kappa shape index (κ2) is 7.58. The van der Waals surface area contributed by atoms with Gasteiger partial charge in [0, 0.05) is 5.92 Å². The monoisotopic (exact) mass is 403 g/mol. The van der Waals surface area contributed by atoms with Crippen molar-refractivity contribution in [1.29, 1.82) is 0 Å². The molecule has 0 radical (unpaired) electrons. The molecule has 0 spiro atoms. The van der Waals surface area contributed by atoms with Gasteiger partial charge in [-0.05, 0) is 35.3 Å². The molecular formula is C22H29NO4S. The molecule has 4 atom stereocenters. The van der Waals surface area contributed by atoms with Crippen molar-refractivity contribution in [3.63, 3.8) is 0 Å². The number of carbonyl (C=O) groups excluding carboxylic acids is 1. The average molecular weight is 404 g/mol. The van der Waals surface area contributed by atoms with Crippen molar-refractivity contribution in [3.8, 4) is 0 Å². The summed E-state index contributed by atoms with van der Waals surface area (Å²) < 4.78 is 29.1. The highest BCUT2D eigenvalue weighted by Crippen LogP contribution is 2.55. The highest BCUT2D eigenvalue weighted by Gasteiger charge is 2.58. The molecule has 2 aliphatic carbocycles. The Kier molecular flexibility index (Phi) is 5.67. The van der Waals surface area contributed by atoms with E-state index in [-0.39, 0.29) is 29.5 Å². The van der Waals surface area contributed by atoms with Gasteiger partial charge in [0.1, 0.15) is 11.9 Å². The zero-order chi connectivity index (χ0) is 20.7. The molecule has 0 saturated heterocycles. The van der Waals surface area contributed by atoms with Crippen molar-refractivity contribution in [2.45, 2.75) is 46.1 Å². The molecule has 0 bridgehead atoms. The van der Waals surface area contributed by atoms with Gasteiger partial charge < -0.3 is 0 Å². The van der Waals surface area contributed by atoms with E-state index in [4.69, 9.17) is 9.32 Å². The number of Topliss-reactive ketones (excluding diaryl/α,β-unsaturated/α-hetero) is 1. The zero-order valence-corrected chi connectivity index (χ0v) is 17.6. The minimum atomic E-state index is -4.23. The molecular weight excluding hydrogens is 374 g/mol. The van der Waals surface area contributed by atoms with Crippen LogP contribution in [0.15, 0.2) is 54.1 Å². The lowest BCUT2D eigenvalue weighted by Crippen LogP contribution is -2.51. The van der Waals surface area contributed by atoms with Gasteiger partial charge in [-0.15, -0.1) is 0 Å². The average Bonchev–Trinajstić information content (AvgIpc) is 3.41. The Morgan fingerprint density at radius 3 is 2.36 bits per heavy atom. The van der Waals surface area contributed by atoms with E-state index in [9.17, 15) is 13.2 Å². The number of rotatable bonds is 7. The molecule has 2 aliphatic rings. The summed E-state index contributed by atoms with van der Waals surface area (Å²) in [4.78, 5) is 13.8. The van der Waals surface area contributed by atoms with Gasteiger partial charge in [-0.25, -0.2) is 9.32 Å². The topological polar surface area (TPSA) is 86.5 Å². The van der Waals surface area contributed by atoms with E-state index in [1.54, 1.807) is 0 Å². The van der Waals surface area contributed by atoms with Crippen LogP contribution in [0.3, 0.4) is 0 Å². The first-order chi connectivity index (χ1) is 13.1. The van der Waals surface area contributed by atoms with Crippen molar-refractivity contribution >= 4 is 16.1 Å². The van der Waals surface area contributed by atoms with Crippen molar-refractivity contribution in [2.24, 2.45) is 28.3 Å². The van der Waals surface area contributed by atoms with Gasteiger partial charge in [0.25, 0.3) is 0 Å². The predicted molar refractivity (Wildman–Crippen MR) is 110 cm³/mol. The number of hydrogen-bond donors (Lipinski definition) is 1. The molecule has 5 nitrogen and oxygen atoms in total. The Labute approximate surface area is 167 Å². The lowest BCUT2D eigenvalue weighted by molar-refractivity contribution is -0.134. The van der Waals surface area contributed by atoms with E-state index in [1.165, 1.54) is 0 Å². The minimum Gasteiger partial charge on any atom is -0.298 e. The van der Waals surface area contributed by atoms with Crippen LogP contribution in [0.4, 0.5) is 0 Å². The van der Waals surface area contributed by atoms with Gasteiger partial charge in [-0.3, -0.25) is 4.79 Å². The van der Waals surface area contributed by atoms with E-state index in [0.717, 1.165) is 17.6 Å². The van der Waals surface area contributed by atoms with Crippen LogP contribution >= 0.6 is 0 Å². The first-order valence-corrected chi connectivity index (χ1v) is 11.2. The fourth-order valence-electron chi connectivity index (χ4n) is 4.40. The first-order valence-electron chi connectivity index (χ1n) is 9.77. The van der Waals surface area contributed by atoms with Gasteiger partial charge in [0.2, 0.25) is 0 Å². The molecule has 0 aromatic heterocycles. The molecule has 152 valence electrons. The summed E-state index contributed by atoms with van der Waals surface area (Å²) in [6.07, 6.45) is 5.37. The van der Waals surface area contributed by atoms with Crippen LogP contribution in [-0.2, 0) is 19.3 Å². The highest BCUT2D eigenvalue weighted by atomic mass is 32.2. The second-order valence-electron chi connectivity index (χ2n) is 8.46. The van der Waals surface area contributed by atoms with Gasteiger partial charge in [0.15, 0.2) is 0 Å². The maximum absolute atomic E-state index is 13.8. The number of benzene rings is 1. The van der Waals surface area contributed by atoms with E-state index >= 15 is 0 Å². The lowest BCUT2D eigenvalue weighted by Gasteiger charge is -2.43. The molecule has 2 N–H and O–H groups in total. The summed E-state index contributed by atoms with van der Waals surface area (Å²) in [5.74, 6) is -0.0736. The molecule has 6 heteroatoms. The van der Waals surface area contributed by atoms with Crippen molar-refractivity contribution in [2.75, 3.05) is 0 Å². The molecule has 2 unspecified atom stereocenters. The largest absolute Gasteiger partial charge is 0.333 e. The SMILES string of the molecule is CC(C)C1=CC=C[C@](C(=O)C2CC2c2ccccc2)(C(C)C)[C@@H]1OS(N)(=O)=O. The van der Waals surface area contributed by atoms with Crippen LogP contribution < -0.4 is 5.14 Å². The smallest absolute Gasteiger partial charge is 0.298 e. The third kappa shape index (κ3) is 3.86. The Balaban J connectivity index is 2.01. The van der Waals surface area contributed by atoms with E-state index in [0.29, 0.717) is 0 Å². The number of hydrogen-bond acceptors (Lipinski definition) is 4. The third-order valence-electron chi connectivity index (χ3n) is 6.03. The Morgan fingerprint density at radius 1 is 1.18 bits per heavy atom. The molecule has 1 aromatic rings. The van der Waals surface area contributed by atoms with Crippen LogP contribution in [-0.4, -0.2) is 20.3 Å². The Bertz CT molecular complexity index is 902. The van der Waals surface area contributed by atoms with Crippen LogP contribution in [0.5, 0.6) is 0 Å². The Hall–Kier alpha value is -1.76. The summed E-state index contributed by atoms with van der Waals surface area (Å²) in [5, 5.41) is 5.25. The fraction of sp³-hybridized carbons (Fsp3) is 0.500. The predicted octanol–water partition coefficient (Wildman–Crippen LogP) is 3.74. The molecule has 28 heavy (non-hydrogen) atoms. The maximum atomic E-state index is 13.8. The van der Waals surface area contributed by atoms with E-state index in [1.807, 2.05) is 76.3 Å². The van der Waals surface area contributed by atoms with Crippen molar-refractivity contribution < 1.29 is 17.4 Å². The van der Waals surface area contributed by atoms with Gasteiger partial charge in [-0.1, -0.05) is 76.3 Å². The summed E-state index contributed by atoms with van der Waals surface area (Å²) in [6, 6.07) is 9.97. The highest BCUT2D eigenvalue weighted by molar-refractivity contribution is 7.84. The second-order valence-corrected chi connectivity index (χ2v) is 9.64. The Morgan fingerprint density at radius 2 is 1.82 bits per heavy atom. The van der Waals surface area contributed by atoms with Crippen LogP contribution in [0.2, 0.25) is 0 Å². The van der Waals surface area contributed by atoms with Crippen LogP contribution in [0.1, 0.15) is 45.6 Å². The normalized spacial score (nSPS) is 29.8. The number of nitrogens with two attached hydrogens (primary N) is 1. The molecule has 1 aromatic carbocycles. The molecule has 3 rings (SSSR count). The number of carbonyl (C=O) groups is 1. The third-order valence-corrected chi connectivity index (χ3v) is 6.49. The molecule has 0 heterocycles. The van der Waals surface area contributed by atoms with Gasteiger partial charge >= 0.3 is 10.3 Å². The molecule has 0 amide bonds. The van der Waals surface area contributed by atoms with E-state index in [2.05, 4.69) is 0 Å². The minimum absolute atomic E-state index is 0.0201. The summed E-state index contributed by atoms with van der Waals surface area (Å²) in [7, 11) is -4.23. The maximum Gasteiger partial charge on any atom is 0.333 e. The van der Waals surface area contributed by atoms with Crippen molar-refractivity contribution in [3.05, 3.63) is 59.7 Å². The summed E-state index contributed by atoms with van der Waals surface area (Å²) >= 11 is 0. The number of ketones is 1. The van der Waals surface area contributed by atoms with E-state index < -0.39 is 21.8 Å². The molecule has 1 fully saturated rings. The summed E-state index contributed by atoms with van der Waals surface area (Å²) in [5.41, 5.74) is 0.855. The zero-order valence-electron chi connectivity index (χ0n) is 16.8.